The lowest BCUT2D eigenvalue weighted by molar-refractivity contribution is 0.0690. The number of nitrogens with one attached hydrogen (secondary N) is 1. The zero-order chi connectivity index (χ0) is 13.8. The van der Waals surface area contributed by atoms with Crippen molar-refractivity contribution in [2.24, 2.45) is 0 Å². The Kier molecular flexibility index (Phi) is 3.80. The number of hydrogen-bond donors (Lipinski definition) is 2. The summed E-state index contributed by atoms with van der Waals surface area (Å²) in [7, 11) is 0. The van der Waals surface area contributed by atoms with Crippen LogP contribution in [0.25, 0.3) is 0 Å². The fraction of sp³-hybridized carbons (Fsp3) is 0.200. The largest absolute Gasteiger partial charge is 0.477 e. The molecule has 0 spiro atoms. The average Bonchev–Trinajstić information content (AvgIpc) is 2.39. The van der Waals surface area contributed by atoms with Gasteiger partial charge in [0.1, 0.15) is 5.82 Å². The highest BCUT2D eigenvalue weighted by atomic mass is 16.4. The molecule has 0 fully saturated rings. The van der Waals surface area contributed by atoms with Crippen molar-refractivity contribution in [2.75, 3.05) is 5.32 Å². The van der Waals surface area contributed by atoms with Gasteiger partial charge >= 0.3 is 5.97 Å². The Bertz CT molecular complexity index is 579. The second-order valence-corrected chi connectivity index (χ2v) is 4.49. The van der Waals surface area contributed by atoms with Crippen molar-refractivity contribution in [2.45, 2.75) is 19.9 Å². The van der Waals surface area contributed by atoms with Crippen molar-refractivity contribution >= 4 is 11.8 Å². The molecule has 0 aliphatic carbocycles. The van der Waals surface area contributed by atoms with Crippen LogP contribution in [-0.4, -0.2) is 16.1 Å². The summed E-state index contributed by atoms with van der Waals surface area (Å²) in [6.45, 7) is 4.06. The Hall–Kier alpha value is -2.36. The molecule has 0 saturated heterocycles. The lowest BCUT2D eigenvalue weighted by atomic mass is 10.1. The molecule has 0 saturated carbocycles. The first-order chi connectivity index (χ1) is 9.06. The zero-order valence-corrected chi connectivity index (χ0v) is 10.9. The summed E-state index contributed by atoms with van der Waals surface area (Å²) in [6.07, 6.45) is 0. The van der Waals surface area contributed by atoms with Gasteiger partial charge in [-0.1, -0.05) is 35.9 Å². The molecule has 0 aliphatic rings. The standard InChI is InChI=1S/C15H16N2O2/c1-10-6-8-12(9-7-10)11(2)16-14-5-3-4-13(17-14)15(18)19/h3-9,11H,1-2H3,(H,16,17)(H,18,19). The van der Waals surface area contributed by atoms with Crippen LogP contribution in [0.3, 0.4) is 0 Å². The molecule has 2 aromatic rings. The fourth-order valence-electron chi connectivity index (χ4n) is 1.79. The van der Waals surface area contributed by atoms with Crippen molar-refractivity contribution in [1.82, 2.24) is 4.98 Å². The molecule has 1 atom stereocenters. The van der Waals surface area contributed by atoms with Crippen LogP contribution in [0.5, 0.6) is 0 Å². The third-order valence-corrected chi connectivity index (χ3v) is 2.91. The van der Waals surface area contributed by atoms with Gasteiger partial charge in [0, 0.05) is 6.04 Å². The predicted molar refractivity (Wildman–Crippen MR) is 74.4 cm³/mol. The molecule has 19 heavy (non-hydrogen) atoms. The van der Waals surface area contributed by atoms with E-state index < -0.39 is 5.97 Å². The SMILES string of the molecule is Cc1ccc(C(C)Nc2cccc(C(=O)O)n2)cc1. The van der Waals surface area contributed by atoms with Gasteiger partial charge in [-0.05, 0) is 31.5 Å². The lowest BCUT2D eigenvalue weighted by Crippen LogP contribution is -2.09. The molecule has 4 heteroatoms. The van der Waals surface area contributed by atoms with E-state index in [1.807, 2.05) is 26.0 Å². The summed E-state index contributed by atoms with van der Waals surface area (Å²) in [5.41, 5.74) is 2.39. The quantitative estimate of drug-likeness (QED) is 0.881. The molecule has 2 rings (SSSR count). The van der Waals surface area contributed by atoms with Gasteiger partial charge in [0.05, 0.1) is 0 Å². The molecule has 0 bridgehead atoms. The lowest BCUT2D eigenvalue weighted by Gasteiger charge is -2.15. The number of hydrogen-bond acceptors (Lipinski definition) is 3. The minimum Gasteiger partial charge on any atom is -0.477 e. The first-order valence-corrected chi connectivity index (χ1v) is 6.10. The summed E-state index contributed by atoms with van der Waals surface area (Å²) < 4.78 is 0. The Morgan fingerprint density at radius 1 is 1.21 bits per heavy atom. The minimum atomic E-state index is -1.02. The molecule has 98 valence electrons. The van der Waals surface area contributed by atoms with Crippen LogP contribution >= 0.6 is 0 Å². The van der Waals surface area contributed by atoms with Crippen LogP contribution < -0.4 is 5.32 Å². The van der Waals surface area contributed by atoms with Crippen LogP contribution in [0.15, 0.2) is 42.5 Å². The number of carboxylic acids is 1. The van der Waals surface area contributed by atoms with E-state index in [0.29, 0.717) is 5.82 Å². The number of benzene rings is 1. The maximum atomic E-state index is 10.9. The van der Waals surface area contributed by atoms with E-state index in [2.05, 4.69) is 22.4 Å². The fourth-order valence-corrected chi connectivity index (χ4v) is 1.79. The number of aryl methyl sites for hydroxylation is 1. The molecule has 2 N–H and O–H groups in total. The Morgan fingerprint density at radius 3 is 2.53 bits per heavy atom. The van der Waals surface area contributed by atoms with Crippen molar-refractivity contribution in [3.63, 3.8) is 0 Å². The summed E-state index contributed by atoms with van der Waals surface area (Å²) in [4.78, 5) is 14.9. The van der Waals surface area contributed by atoms with Gasteiger partial charge < -0.3 is 10.4 Å². The molecule has 1 unspecified atom stereocenters. The third kappa shape index (κ3) is 3.31. The highest BCUT2D eigenvalue weighted by Gasteiger charge is 2.08. The number of anilines is 1. The highest BCUT2D eigenvalue weighted by molar-refractivity contribution is 5.85. The van der Waals surface area contributed by atoms with Crippen molar-refractivity contribution in [3.8, 4) is 0 Å². The van der Waals surface area contributed by atoms with E-state index in [1.165, 1.54) is 11.6 Å². The first-order valence-electron chi connectivity index (χ1n) is 6.10. The number of aromatic carboxylic acids is 1. The minimum absolute atomic E-state index is 0.0427. The third-order valence-electron chi connectivity index (χ3n) is 2.91. The second-order valence-electron chi connectivity index (χ2n) is 4.49. The van der Waals surface area contributed by atoms with Crippen LogP contribution in [0.1, 0.15) is 34.6 Å². The Morgan fingerprint density at radius 2 is 1.89 bits per heavy atom. The average molecular weight is 256 g/mol. The molecule has 1 heterocycles. The number of carboxylic acid groups (broad SMARTS) is 1. The van der Waals surface area contributed by atoms with Gasteiger partial charge in [-0.25, -0.2) is 9.78 Å². The van der Waals surface area contributed by atoms with Gasteiger partial charge in [0.25, 0.3) is 0 Å². The number of nitrogens with zero attached hydrogens (tertiary/aromatic N) is 1. The van der Waals surface area contributed by atoms with E-state index in [1.54, 1.807) is 12.1 Å². The van der Waals surface area contributed by atoms with Crippen molar-refractivity contribution in [3.05, 3.63) is 59.3 Å². The summed E-state index contributed by atoms with van der Waals surface area (Å²) in [6, 6.07) is 13.2. The summed E-state index contributed by atoms with van der Waals surface area (Å²) >= 11 is 0. The first kappa shape index (κ1) is 13.1. The van der Waals surface area contributed by atoms with Gasteiger partial charge in [-0.3, -0.25) is 0 Å². The summed E-state index contributed by atoms with van der Waals surface area (Å²) in [5, 5.41) is 12.1. The maximum Gasteiger partial charge on any atom is 0.354 e. The van der Waals surface area contributed by atoms with Gasteiger partial charge in [-0.15, -0.1) is 0 Å². The molecular formula is C15H16N2O2. The van der Waals surface area contributed by atoms with Gasteiger partial charge in [0.15, 0.2) is 5.69 Å². The molecule has 0 amide bonds. The number of pyridine rings is 1. The topological polar surface area (TPSA) is 62.2 Å². The molecular weight excluding hydrogens is 240 g/mol. The van der Waals surface area contributed by atoms with Crippen LogP contribution in [-0.2, 0) is 0 Å². The number of carbonyl (C=O) groups is 1. The van der Waals surface area contributed by atoms with Crippen LogP contribution in [0.2, 0.25) is 0 Å². The number of aromatic nitrogens is 1. The molecule has 4 nitrogen and oxygen atoms in total. The monoisotopic (exact) mass is 256 g/mol. The molecule has 0 radical (unpaired) electrons. The van der Waals surface area contributed by atoms with Crippen LogP contribution in [0.4, 0.5) is 5.82 Å². The Balaban J connectivity index is 2.14. The maximum absolute atomic E-state index is 10.9. The van der Waals surface area contributed by atoms with E-state index in [9.17, 15) is 4.79 Å². The number of rotatable bonds is 4. The van der Waals surface area contributed by atoms with E-state index in [0.717, 1.165) is 5.56 Å². The molecule has 1 aromatic carbocycles. The summed E-state index contributed by atoms with van der Waals surface area (Å²) in [5.74, 6) is -0.459. The van der Waals surface area contributed by atoms with E-state index >= 15 is 0 Å². The highest BCUT2D eigenvalue weighted by Crippen LogP contribution is 2.18. The normalized spacial score (nSPS) is 11.9. The Labute approximate surface area is 112 Å². The van der Waals surface area contributed by atoms with E-state index in [4.69, 9.17) is 5.11 Å². The van der Waals surface area contributed by atoms with Gasteiger partial charge in [-0.2, -0.15) is 0 Å². The smallest absolute Gasteiger partial charge is 0.354 e. The second kappa shape index (κ2) is 5.52. The zero-order valence-electron chi connectivity index (χ0n) is 10.9. The van der Waals surface area contributed by atoms with Gasteiger partial charge in [0.2, 0.25) is 0 Å². The molecule has 1 aromatic heterocycles. The molecule has 0 aliphatic heterocycles. The van der Waals surface area contributed by atoms with Crippen molar-refractivity contribution < 1.29 is 9.90 Å². The van der Waals surface area contributed by atoms with E-state index in [-0.39, 0.29) is 11.7 Å². The van der Waals surface area contributed by atoms with Crippen LogP contribution in [0, 0.1) is 6.92 Å². The predicted octanol–water partition coefficient (Wildman–Crippen LogP) is 3.26. The van der Waals surface area contributed by atoms with Crippen molar-refractivity contribution in [1.29, 1.82) is 0 Å².